The van der Waals surface area contributed by atoms with E-state index < -0.39 is 17.2 Å². The van der Waals surface area contributed by atoms with Gasteiger partial charge in [-0.15, -0.1) is 0 Å². The second-order valence-corrected chi connectivity index (χ2v) is 11.7. The number of hydrogen-bond donors (Lipinski definition) is 7. The summed E-state index contributed by atoms with van der Waals surface area (Å²) in [6.45, 7) is 3.05. The van der Waals surface area contributed by atoms with Gasteiger partial charge < -0.3 is 47.0 Å². The van der Waals surface area contributed by atoms with Crippen LogP contribution in [0.5, 0.6) is 17.4 Å². The van der Waals surface area contributed by atoms with Gasteiger partial charge in [0.15, 0.2) is 29.0 Å². The summed E-state index contributed by atoms with van der Waals surface area (Å²) < 4.78 is 42.7. The molecular formula is C35H39F2N11O4. The quantitative estimate of drug-likeness (QED) is 0.0319. The Balaban J connectivity index is 1.23. The number of pyridine rings is 1. The predicted octanol–water partition coefficient (Wildman–Crippen LogP) is 3.27. The lowest BCUT2D eigenvalue weighted by Gasteiger charge is -2.23. The molecule has 0 aliphatic carbocycles. The van der Waals surface area contributed by atoms with Gasteiger partial charge in [0.2, 0.25) is 11.7 Å². The number of imidazole rings is 1. The topological polar surface area (TPSA) is 220 Å². The number of rotatable bonds is 17. The Morgan fingerprint density at radius 3 is 2.58 bits per heavy atom. The number of nitrogens with one attached hydrogen (secondary N) is 5. The number of amides is 1. The van der Waals surface area contributed by atoms with E-state index in [2.05, 4.69) is 36.2 Å². The van der Waals surface area contributed by atoms with E-state index in [1.807, 2.05) is 13.0 Å². The number of hydrogen-bond acceptors (Lipinski definition) is 11. The first-order valence-corrected chi connectivity index (χ1v) is 16.3. The summed E-state index contributed by atoms with van der Waals surface area (Å²) in [7, 11) is 1.49. The SMILES string of the molecule is CCc1cc(Nc2nccn3c(-c4ccc(Oc5ccc(OC)cn5)c(F)c4F)cnc23)ccc1C(=O)NCCNC[C@](N)(C=O)CCNC(=N)N. The normalized spacial score (nSPS) is 12.2. The average Bonchev–Trinajstić information content (AvgIpc) is 3.58. The maximum absolute atomic E-state index is 15.4. The van der Waals surface area contributed by atoms with Crippen LogP contribution in [0.1, 0.15) is 29.3 Å². The van der Waals surface area contributed by atoms with Crippen LogP contribution in [0, 0.1) is 17.0 Å². The molecule has 0 spiro atoms. The van der Waals surface area contributed by atoms with Gasteiger partial charge in [0.05, 0.1) is 30.7 Å². The van der Waals surface area contributed by atoms with Crippen LogP contribution in [-0.2, 0) is 11.2 Å². The zero-order chi connectivity index (χ0) is 37.3. The second-order valence-electron chi connectivity index (χ2n) is 11.7. The van der Waals surface area contributed by atoms with E-state index in [1.54, 1.807) is 28.8 Å². The lowest BCUT2D eigenvalue weighted by Crippen LogP contribution is -2.53. The highest BCUT2D eigenvalue weighted by Gasteiger charge is 2.24. The first kappa shape index (κ1) is 37.1. The zero-order valence-corrected chi connectivity index (χ0v) is 28.5. The first-order chi connectivity index (χ1) is 25.1. The van der Waals surface area contributed by atoms with Crippen molar-refractivity contribution >= 4 is 35.3 Å². The molecule has 5 rings (SSSR count). The number of anilines is 2. The number of fused-ring (bicyclic) bond motifs is 1. The van der Waals surface area contributed by atoms with Crippen molar-refractivity contribution in [2.75, 3.05) is 38.6 Å². The zero-order valence-electron chi connectivity index (χ0n) is 28.5. The Morgan fingerprint density at radius 2 is 1.87 bits per heavy atom. The minimum Gasteiger partial charge on any atom is -0.495 e. The molecule has 0 saturated carbocycles. The molecule has 52 heavy (non-hydrogen) atoms. The third-order valence-electron chi connectivity index (χ3n) is 8.09. The van der Waals surface area contributed by atoms with Gasteiger partial charge in [-0.05, 0) is 54.8 Å². The number of halogens is 2. The molecule has 0 fully saturated rings. The lowest BCUT2D eigenvalue weighted by molar-refractivity contribution is -0.112. The predicted molar refractivity (Wildman–Crippen MR) is 191 cm³/mol. The summed E-state index contributed by atoms with van der Waals surface area (Å²) in [4.78, 5) is 37.4. The highest BCUT2D eigenvalue weighted by molar-refractivity contribution is 5.96. The van der Waals surface area contributed by atoms with Crippen molar-refractivity contribution in [1.82, 2.24) is 35.3 Å². The number of nitrogens with two attached hydrogens (primary N) is 2. The highest BCUT2D eigenvalue weighted by Crippen LogP contribution is 2.33. The molecule has 0 aliphatic rings. The molecular weight excluding hydrogens is 676 g/mol. The van der Waals surface area contributed by atoms with E-state index in [9.17, 15) is 9.59 Å². The number of nitrogens with zero attached hydrogens (tertiary/aromatic N) is 4. The van der Waals surface area contributed by atoms with Crippen LogP contribution < -0.4 is 42.2 Å². The molecule has 272 valence electrons. The first-order valence-electron chi connectivity index (χ1n) is 16.3. The number of aldehydes is 1. The Bertz CT molecular complexity index is 2060. The summed E-state index contributed by atoms with van der Waals surface area (Å²) in [6, 6.07) is 11.0. The molecule has 3 heterocycles. The number of methoxy groups -OCH3 is 1. The molecule has 17 heteroatoms. The van der Waals surface area contributed by atoms with Gasteiger partial charge >= 0.3 is 0 Å². The van der Waals surface area contributed by atoms with E-state index in [1.165, 1.54) is 43.9 Å². The minimum absolute atomic E-state index is 0.0379. The van der Waals surface area contributed by atoms with E-state index in [4.69, 9.17) is 26.4 Å². The fourth-order valence-corrected chi connectivity index (χ4v) is 5.30. The fourth-order valence-electron chi connectivity index (χ4n) is 5.30. The number of carbonyl (C=O) groups is 2. The van der Waals surface area contributed by atoms with Gasteiger partial charge in [-0.1, -0.05) is 6.92 Å². The number of guanidine groups is 1. The molecule has 1 atom stereocenters. The van der Waals surface area contributed by atoms with Gasteiger partial charge in [-0.2, -0.15) is 4.39 Å². The van der Waals surface area contributed by atoms with Gasteiger partial charge in [-0.3, -0.25) is 14.6 Å². The molecule has 9 N–H and O–H groups in total. The van der Waals surface area contributed by atoms with Gasteiger partial charge in [0.25, 0.3) is 5.91 Å². The molecule has 5 aromatic rings. The fraction of sp³-hybridized carbons (Fsp3) is 0.257. The number of aromatic nitrogens is 4. The van der Waals surface area contributed by atoms with E-state index in [0.717, 1.165) is 5.56 Å². The maximum Gasteiger partial charge on any atom is 0.251 e. The van der Waals surface area contributed by atoms with Crippen LogP contribution in [0.15, 0.2) is 67.3 Å². The smallest absolute Gasteiger partial charge is 0.251 e. The summed E-state index contributed by atoms with van der Waals surface area (Å²) >= 11 is 0. The second kappa shape index (κ2) is 16.7. The monoisotopic (exact) mass is 715 g/mol. The molecule has 15 nitrogen and oxygen atoms in total. The van der Waals surface area contributed by atoms with Crippen molar-refractivity contribution in [3.8, 4) is 28.6 Å². The summed E-state index contributed by atoms with van der Waals surface area (Å²) in [5, 5.41) is 19.0. The third-order valence-corrected chi connectivity index (χ3v) is 8.09. The summed E-state index contributed by atoms with van der Waals surface area (Å²) in [5.74, 6) is -2.20. The minimum atomic E-state index is -1.18. The van der Waals surface area contributed by atoms with E-state index in [-0.39, 0.29) is 60.8 Å². The van der Waals surface area contributed by atoms with Crippen LogP contribution in [0.4, 0.5) is 20.3 Å². The number of benzene rings is 2. The number of ether oxygens (including phenoxy) is 2. The molecule has 0 bridgehead atoms. The average molecular weight is 716 g/mol. The molecule has 0 saturated heterocycles. The standard InChI is InChI=1S/C35H39F2N11O4/c1-3-21-16-22(4-6-24(21)33(50)43-13-12-41-19-35(40,20-49)10-11-44-34(38)39)47-31-32-46-18-26(48(32)15-14-42-31)25-7-8-27(30(37)29(25)36)52-28-9-5-23(51-2)17-45-28/h4-9,14-18,20,41H,3,10-13,19,40H2,1-2H3,(H,42,47)(H,43,50)(H4,38,39,44)/t35-/m0/s1. The third kappa shape index (κ3) is 8.74. The van der Waals surface area contributed by atoms with Crippen molar-refractivity contribution in [2.45, 2.75) is 25.3 Å². The lowest BCUT2D eigenvalue weighted by atomic mass is 9.98. The van der Waals surface area contributed by atoms with E-state index in [0.29, 0.717) is 47.7 Å². The van der Waals surface area contributed by atoms with Crippen molar-refractivity contribution in [3.63, 3.8) is 0 Å². The summed E-state index contributed by atoms with van der Waals surface area (Å²) in [6.07, 6.45) is 7.40. The van der Waals surface area contributed by atoms with Crippen molar-refractivity contribution in [2.24, 2.45) is 11.5 Å². The number of aryl methyl sites for hydroxylation is 1. The van der Waals surface area contributed by atoms with Gasteiger partial charge in [0.1, 0.15) is 12.0 Å². The van der Waals surface area contributed by atoms with Crippen LogP contribution in [-0.4, -0.2) is 76.3 Å². The van der Waals surface area contributed by atoms with Crippen molar-refractivity contribution in [3.05, 3.63) is 90.0 Å². The molecule has 0 radical (unpaired) electrons. The Hall–Kier alpha value is -6.20. The Morgan fingerprint density at radius 1 is 1.04 bits per heavy atom. The molecule has 2 aromatic carbocycles. The Kier molecular flexibility index (Phi) is 11.9. The Labute approximate surface area is 297 Å². The molecule has 3 aromatic heterocycles. The molecule has 1 amide bonds. The summed E-state index contributed by atoms with van der Waals surface area (Å²) in [5.41, 5.74) is 12.7. The van der Waals surface area contributed by atoms with Crippen molar-refractivity contribution in [1.29, 1.82) is 5.41 Å². The van der Waals surface area contributed by atoms with Crippen LogP contribution >= 0.6 is 0 Å². The number of carbonyl (C=O) groups excluding carboxylic acids is 2. The van der Waals surface area contributed by atoms with Crippen LogP contribution in [0.2, 0.25) is 0 Å². The molecule has 0 unspecified atom stereocenters. The largest absolute Gasteiger partial charge is 0.495 e. The van der Waals surface area contributed by atoms with Gasteiger partial charge in [0, 0.05) is 61.5 Å². The molecule has 0 aliphatic heterocycles. The van der Waals surface area contributed by atoms with Crippen LogP contribution in [0.3, 0.4) is 0 Å². The highest BCUT2D eigenvalue weighted by atomic mass is 19.2. The maximum atomic E-state index is 15.4. The van der Waals surface area contributed by atoms with E-state index >= 15 is 8.78 Å². The van der Waals surface area contributed by atoms with Gasteiger partial charge in [-0.25, -0.2) is 19.3 Å². The van der Waals surface area contributed by atoms with Crippen molar-refractivity contribution < 1.29 is 27.8 Å². The van der Waals surface area contributed by atoms with Crippen LogP contribution in [0.25, 0.3) is 16.9 Å².